The predicted octanol–water partition coefficient (Wildman–Crippen LogP) is 2.35. The highest BCUT2D eigenvalue weighted by atomic mass is 35.5. The van der Waals surface area contributed by atoms with Crippen LogP contribution in [0.25, 0.3) is 22.4 Å². The van der Waals surface area contributed by atoms with Crippen LogP contribution in [0.1, 0.15) is 18.1 Å². The summed E-state index contributed by atoms with van der Waals surface area (Å²) in [5.74, 6) is 0.220. The number of likely N-dealkylation sites (N-methyl/N-ethyl adjacent to an activating group) is 1. The number of carbonyl (C=O) groups excluding carboxylic acids is 2. The highest BCUT2D eigenvalue weighted by Gasteiger charge is 2.18. The Morgan fingerprint density at radius 3 is 2.42 bits per heavy atom. The fourth-order valence-electron chi connectivity index (χ4n) is 3.76. The van der Waals surface area contributed by atoms with Crippen LogP contribution in [0.3, 0.4) is 0 Å². The second-order valence-electron chi connectivity index (χ2n) is 7.85. The lowest BCUT2D eigenvalue weighted by atomic mass is 10.1. The molecule has 0 unspecified atom stereocenters. The van der Waals surface area contributed by atoms with Crippen LogP contribution in [0, 0.1) is 0 Å². The van der Waals surface area contributed by atoms with Crippen molar-refractivity contribution in [2.75, 3.05) is 18.1 Å². The summed E-state index contributed by atoms with van der Waals surface area (Å²) in [5.41, 5.74) is 8.50. The maximum absolute atomic E-state index is 13.0. The second kappa shape index (κ2) is 11.4. The predicted molar refractivity (Wildman–Crippen MR) is 141 cm³/mol. The number of nitrogens with one attached hydrogen (secondary N) is 2. The van der Waals surface area contributed by atoms with Gasteiger partial charge in [0, 0.05) is 31.5 Å². The average Bonchev–Trinajstić information content (AvgIpc) is 2.87. The van der Waals surface area contributed by atoms with Crippen LogP contribution in [0.15, 0.2) is 59.7 Å². The van der Waals surface area contributed by atoms with Gasteiger partial charge in [0.05, 0.1) is 29.6 Å². The molecule has 0 radical (unpaired) electrons. The van der Waals surface area contributed by atoms with Gasteiger partial charge in [-0.25, -0.2) is 9.97 Å². The second-order valence-corrected chi connectivity index (χ2v) is 7.85. The third-order valence-electron chi connectivity index (χ3n) is 5.57. The molecule has 4 aromatic rings. The minimum Gasteiger partial charge on any atom is -0.385 e. The molecular weight excluding hydrogens is 482 g/mol. The molecule has 0 saturated carbocycles. The minimum absolute atomic E-state index is 0. The number of hydrogen-bond acceptors (Lipinski definition) is 7. The number of rotatable bonds is 7. The smallest absolute Gasteiger partial charge is 0.230 e. The van der Waals surface area contributed by atoms with Gasteiger partial charge in [0.1, 0.15) is 17.3 Å². The third-order valence-corrected chi connectivity index (χ3v) is 5.57. The lowest BCUT2D eigenvalue weighted by Crippen LogP contribution is -2.27. The van der Waals surface area contributed by atoms with Crippen molar-refractivity contribution in [2.45, 2.75) is 26.3 Å². The first-order chi connectivity index (χ1) is 16.9. The summed E-state index contributed by atoms with van der Waals surface area (Å²) in [6.45, 7) is 2.36. The van der Waals surface area contributed by atoms with Crippen LogP contribution in [-0.4, -0.2) is 38.4 Å². The van der Waals surface area contributed by atoms with E-state index in [0.29, 0.717) is 34.8 Å². The van der Waals surface area contributed by atoms with Crippen molar-refractivity contribution in [3.05, 3.63) is 76.2 Å². The number of anilines is 2. The SMILES string of the molecule is CCn1c(N)c(CC(=O)NC)c(=O)c2ccc(-c3ccc(CC(=O)Nc4ccccn4)cn3)nc21.Cl. The summed E-state index contributed by atoms with van der Waals surface area (Å²) in [6, 6.07) is 12.2. The number of amides is 2. The molecule has 186 valence electrons. The molecule has 0 aliphatic heterocycles. The number of hydrogen-bond donors (Lipinski definition) is 3. The van der Waals surface area contributed by atoms with Gasteiger partial charge < -0.3 is 20.9 Å². The molecule has 4 rings (SSSR count). The number of nitrogens with two attached hydrogens (primary N) is 1. The molecule has 11 heteroatoms. The van der Waals surface area contributed by atoms with E-state index >= 15 is 0 Å². The number of pyridine rings is 4. The summed E-state index contributed by atoms with van der Waals surface area (Å²) < 4.78 is 1.72. The topological polar surface area (TPSA) is 145 Å². The molecule has 0 aliphatic rings. The van der Waals surface area contributed by atoms with Gasteiger partial charge in [-0.3, -0.25) is 19.4 Å². The van der Waals surface area contributed by atoms with E-state index in [2.05, 4.69) is 25.6 Å². The molecule has 0 fully saturated rings. The molecule has 4 aromatic heterocycles. The number of fused-ring (bicyclic) bond motifs is 1. The van der Waals surface area contributed by atoms with E-state index < -0.39 is 0 Å². The number of carbonyl (C=O) groups is 2. The van der Waals surface area contributed by atoms with Crippen molar-refractivity contribution in [1.82, 2.24) is 24.8 Å². The quantitative estimate of drug-likeness (QED) is 0.348. The molecule has 2 amide bonds. The standard InChI is InChI=1S/C25H25N7O3.ClH/c1-3-32-24(26)17(13-21(33)27-2)23(35)16-8-10-19(30-25(16)32)18-9-7-15(14-29-18)12-22(34)31-20-6-4-5-11-28-20;/h4-11,14H,3,12-13,26H2,1-2H3,(H,27,33)(H,28,31,34);1H. The molecule has 4 heterocycles. The van der Waals surface area contributed by atoms with Gasteiger partial charge in [-0.1, -0.05) is 12.1 Å². The number of halogens is 1. The Kier molecular flexibility index (Phi) is 8.34. The maximum Gasteiger partial charge on any atom is 0.230 e. The first-order valence-electron chi connectivity index (χ1n) is 11.1. The summed E-state index contributed by atoms with van der Waals surface area (Å²) >= 11 is 0. The van der Waals surface area contributed by atoms with Crippen LogP contribution in [0.5, 0.6) is 0 Å². The van der Waals surface area contributed by atoms with Crippen molar-refractivity contribution >= 4 is 46.9 Å². The van der Waals surface area contributed by atoms with Gasteiger partial charge in [-0.2, -0.15) is 0 Å². The first-order valence-corrected chi connectivity index (χ1v) is 11.1. The zero-order valence-electron chi connectivity index (χ0n) is 19.8. The summed E-state index contributed by atoms with van der Waals surface area (Å²) in [7, 11) is 1.51. The summed E-state index contributed by atoms with van der Waals surface area (Å²) in [4.78, 5) is 50.4. The van der Waals surface area contributed by atoms with Crippen molar-refractivity contribution in [3.63, 3.8) is 0 Å². The van der Waals surface area contributed by atoms with E-state index in [-0.39, 0.29) is 53.9 Å². The Labute approximate surface area is 213 Å². The van der Waals surface area contributed by atoms with E-state index in [0.717, 1.165) is 5.56 Å². The normalized spacial score (nSPS) is 10.5. The van der Waals surface area contributed by atoms with Crippen LogP contribution in [-0.2, 0) is 29.0 Å². The fourth-order valence-corrected chi connectivity index (χ4v) is 3.76. The van der Waals surface area contributed by atoms with Crippen molar-refractivity contribution < 1.29 is 9.59 Å². The molecule has 36 heavy (non-hydrogen) atoms. The monoisotopic (exact) mass is 507 g/mol. The third kappa shape index (κ3) is 5.49. The van der Waals surface area contributed by atoms with E-state index in [4.69, 9.17) is 5.73 Å². The molecular formula is C25H26ClN7O3. The number of nitrogens with zero attached hydrogens (tertiary/aromatic N) is 4. The zero-order chi connectivity index (χ0) is 24.9. The number of aromatic nitrogens is 4. The molecule has 0 saturated heterocycles. The summed E-state index contributed by atoms with van der Waals surface area (Å²) in [6.07, 6.45) is 3.27. The molecule has 0 bridgehead atoms. The maximum atomic E-state index is 13.0. The van der Waals surface area contributed by atoms with Gasteiger partial charge in [-0.05, 0) is 42.8 Å². The largest absolute Gasteiger partial charge is 0.385 e. The van der Waals surface area contributed by atoms with Gasteiger partial charge in [0.15, 0.2) is 5.43 Å². The van der Waals surface area contributed by atoms with Crippen molar-refractivity contribution in [1.29, 1.82) is 0 Å². The Morgan fingerprint density at radius 1 is 1.00 bits per heavy atom. The van der Waals surface area contributed by atoms with E-state index in [9.17, 15) is 14.4 Å². The van der Waals surface area contributed by atoms with Crippen LogP contribution in [0.2, 0.25) is 0 Å². The van der Waals surface area contributed by atoms with Crippen molar-refractivity contribution in [2.24, 2.45) is 0 Å². The van der Waals surface area contributed by atoms with Crippen LogP contribution in [0.4, 0.5) is 11.6 Å². The summed E-state index contributed by atoms with van der Waals surface area (Å²) in [5, 5.41) is 5.64. The van der Waals surface area contributed by atoms with Gasteiger partial charge in [0.25, 0.3) is 0 Å². The van der Waals surface area contributed by atoms with Gasteiger partial charge >= 0.3 is 0 Å². The Balaban J connectivity index is 0.00000361. The molecule has 0 aliphatic carbocycles. The zero-order valence-corrected chi connectivity index (χ0v) is 20.6. The van der Waals surface area contributed by atoms with Crippen LogP contribution < -0.4 is 21.8 Å². The first kappa shape index (κ1) is 26.3. The van der Waals surface area contributed by atoms with Crippen molar-refractivity contribution in [3.8, 4) is 11.4 Å². The Hall–Kier alpha value is -4.31. The van der Waals surface area contributed by atoms with Gasteiger partial charge in [-0.15, -0.1) is 12.4 Å². The Bertz CT molecular complexity index is 1450. The van der Waals surface area contributed by atoms with Gasteiger partial charge in [0.2, 0.25) is 11.8 Å². The lowest BCUT2D eigenvalue weighted by Gasteiger charge is -2.16. The molecule has 0 spiro atoms. The average molecular weight is 508 g/mol. The highest BCUT2D eigenvalue weighted by Crippen LogP contribution is 2.22. The Morgan fingerprint density at radius 2 is 1.78 bits per heavy atom. The molecule has 0 aromatic carbocycles. The minimum atomic E-state index is -0.313. The molecule has 10 nitrogen and oxygen atoms in total. The lowest BCUT2D eigenvalue weighted by molar-refractivity contribution is -0.120. The number of aryl methyl sites for hydroxylation is 1. The molecule has 4 N–H and O–H groups in total. The number of nitrogen functional groups attached to an aromatic ring is 1. The molecule has 0 atom stereocenters. The fraction of sp³-hybridized carbons (Fsp3) is 0.200. The highest BCUT2D eigenvalue weighted by molar-refractivity contribution is 5.91. The van der Waals surface area contributed by atoms with E-state index in [1.807, 2.05) is 6.92 Å². The van der Waals surface area contributed by atoms with Crippen LogP contribution >= 0.6 is 12.4 Å². The van der Waals surface area contributed by atoms with E-state index in [1.165, 1.54) is 7.05 Å². The van der Waals surface area contributed by atoms with E-state index in [1.54, 1.807) is 59.4 Å².